The van der Waals surface area contributed by atoms with E-state index in [1.165, 1.54) is 19.3 Å². The number of aromatic nitrogens is 2. The maximum Gasteiger partial charge on any atom is 0.349 e. The monoisotopic (exact) mass is 432 g/mol. The molecule has 2 atom stereocenters. The lowest BCUT2D eigenvalue weighted by atomic mass is 9.53. The molecule has 4 saturated carbocycles. The van der Waals surface area contributed by atoms with Crippen molar-refractivity contribution in [1.29, 1.82) is 0 Å². The first-order chi connectivity index (χ1) is 15.0. The fourth-order valence-corrected chi connectivity index (χ4v) is 7.42. The average Bonchev–Trinajstić information content (AvgIpc) is 2.94. The van der Waals surface area contributed by atoms with Gasteiger partial charge in [-0.3, -0.25) is 9.78 Å². The van der Waals surface area contributed by atoms with Crippen LogP contribution in [0, 0.1) is 23.6 Å². The van der Waals surface area contributed by atoms with E-state index in [1.54, 1.807) is 0 Å². The number of ether oxygens (including phenoxy) is 2. The van der Waals surface area contributed by atoms with E-state index < -0.39 is 17.4 Å². The number of nitrogens with zero attached hydrogens (tertiary/aromatic N) is 2. The summed E-state index contributed by atoms with van der Waals surface area (Å²) in [5, 5.41) is 3.20. The van der Waals surface area contributed by atoms with Crippen LogP contribution in [0.2, 0.25) is 0 Å². The summed E-state index contributed by atoms with van der Waals surface area (Å²) in [5.74, 6) is 0.831. The summed E-state index contributed by atoms with van der Waals surface area (Å²) in [6.07, 6.45) is 8.75. The van der Waals surface area contributed by atoms with Gasteiger partial charge in [0.15, 0.2) is 12.4 Å². The number of H-pyrrole nitrogens is 1. The van der Waals surface area contributed by atoms with Crippen LogP contribution >= 0.6 is 0 Å². The third-order valence-corrected chi connectivity index (χ3v) is 8.11. The summed E-state index contributed by atoms with van der Waals surface area (Å²) in [6.45, 7) is 0.665. The smallest absolute Gasteiger partial charge is 0.349 e. The van der Waals surface area contributed by atoms with Gasteiger partial charge in [-0.2, -0.15) is 9.37 Å². The quantitative estimate of drug-likeness (QED) is 0.736. The highest BCUT2D eigenvalue weighted by molar-refractivity contribution is 5.78. The molecular weight excluding hydrogens is 403 g/mol. The Balaban J connectivity index is 1.15. The van der Waals surface area contributed by atoms with Gasteiger partial charge >= 0.3 is 5.69 Å². The van der Waals surface area contributed by atoms with E-state index >= 15 is 4.39 Å². The van der Waals surface area contributed by atoms with Crippen LogP contribution in [0.15, 0.2) is 4.79 Å². The first kappa shape index (κ1) is 19.5. The number of rotatable bonds is 5. The van der Waals surface area contributed by atoms with E-state index in [-0.39, 0.29) is 36.0 Å². The number of morpholine rings is 1. The zero-order valence-corrected chi connectivity index (χ0v) is 17.6. The highest BCUT2D eigenvalue weighted by atomic mass is 19.1. The lowest BCUT2D eigenvalue weighted by Crippen LogP contribution is -2.60. The first-order valence-corrected chi connectivity index (χ1v) is 11.6. The number of halogens is 1. The second-order valence-electron chi connectivity index (χ2n) is 10.4. The Morgan fingerprint density at radius 1 is 1.16 bits per heavy atom. The standard InChI is InChI=1S/C22H29FN4O4/c23-18-19(27-15-1-2-16(27)10-30-9-15)24-21(29)25-20(18)31-11-17(28)26-22-6-12-3-13(7-22)5-14(4-12)8-22/h12-16H,1-11H2,(H,26,28)(H,24,25,29). The SMILES string of the molecule is O=C(COc1nc(=O)[nH]c(N2C3CCC2COC3)c1F)NC12CC3CC(CC(C3)C1)C2. The Morgan fingerprint density at radius 2 is 1.77 bits per heavy atom. The molecule has 4 aliphatic carbocycles. The van der Waals surface area contributed by atoms with Gasteiger partial charge in [-0.25, -0.2) is 4.79 Å². The van der Waals surface area contributed by atoms with Crippen LogP contribution in [0.25, 0.3) is 0 Å². The van der Waals surface area contributed by atoms with Crippen LogP contribution < -0.4 is 20.6 Å². The van der Waals surface area contributed by atoms with Gasteiger partial charge in [-0.1, -0.05) is 0 Å². The lowest BCUT2D eigenvalue weighted by Gasteiger charge is -2.56. The number of carbonyl (C=O) groups excluding carboxylic acids is 1. The van der Waals surface area contributed by atoms with Gasteiger partial charge in [0.2, 0.25) is 5.82 Å². The molecule has 6 aliphatic rings. The second-order valence-corrected chi connectivity index (χ2v) is 10.4. The predicted molar refractivity (Wildman–Crippen MR) is 109 cm³/mol. The van der Waals surface area contributed by atoms with Gasteiger partial charge < -0.3 is 19.7 Å². The van der Waals surface area contributed by atoms with Crippen LogP contribution in [-0.2, 0) is 9.53 Å². The number of nitrogens with one attached hydrogen (secondary N) is 2. The molecule has 0 aromatic carbocycles. The fourth-order valence-electron chi connectivity index (χ4n) is 7.42. The number of fused-ring (bicyclic) bond motifs is 2. The van der Waals surface area contributed by atoms with Gasteiger partial charge in [0.05, 0.1) is 25.3 Å². The van der Waals surface area contributed by atoms with Crippen LogP contribution in [0.1, 0.15) is 51.4 Å². The summed E-state index contributed by atoms with van der Waals surface area (Å²) in [6, 6.07) is 0.0528. The molecule has 2 saturated heterocycles. The van der Waals surface area contributed by atoms with Crippen LogP contribution in [0.3, 0.4) is 0 Å². The van der Waals surface area contributed by atoms with Crippen molar-refractivity contribution < 1.29 is 18.7 Å². The zero-order valence-electron chi connectivity index (χ0n) is 17.6. The molecular formula is C22H29FN4O4. The Morgan fingerprint density at radius 3 is 2.39 bits per heavy atom. The molecule has 1 aromatic heterocycles. The zero-order chi connectivity index (χ0) is 21.2. The van der Waals surface area contributed by atoms with Gasteiger partial charge in [-0.05, 0) is 69.1 Å². The number of hydrogen-bond acceptors (Lipinski definition) is 6. The minimum absolute atomic E-state index is 0.0264. The average molecular weight is 432 g/mol. The van der Waals surface area contributed by atoms with Crippen molar-refractivity contribution in [3.63, 3.8) is 0 Å². The third-order valence-electron chi connectivity index (χ3n) is 8.11. The predicted octanol–water partition coefficient (Wildman–Crippen LogP) is 1.74. The molecule has 6 bridgehead atoms. The largest absolute Gasteiger partial charge is 0.465 e. The number of amides is 1. The molecule has 6 fully saturated rings. The van der Waals surface area contributed by atoms with Crippen LogP contribution in [-0.4, -0.2) is 53.3 Å². The molecule has 31 heavy (non-hydrogen) atoms. The molecule has 2 unspecified atom stereocenters. The van der Waals surface area contributed by atoms with Gasteiger partial charge in [0.1, 0.15) is 0 Å². The Labute approximate surface area is 179 Å². The van der Waals surface area contributed by atoms with Crippen molar-refractivity contribution in [3.8, 4) is 5.88 Å². The normalized spacial score (nSPS) is 37.8. The van der Waals surface area contributed by atoms with E-state index in [0.717, 1.165) is 32.1 Å². The first-order valence-electron chi connectivity index (χ1n) is 11.6. The summed E-state index contributed by atoms with van der Waals surface area (Å²) >= 11 is 0. The number of carbonyl (C=O) groups is 1. The molecule has 168 valence electrons. The van der Waals surface area contributed by atoms with Crippen molar-refractivity contribution in [1.82, 2.24) is 15.3 Å². The Kier molecular flexibility index (Phi) is 4.52. The third kappa shape index (κ3) is 3.41. The van der Waals surface area contributed by atoms with E-state index in [4.69, 9.17) is 9.47 Å². The van der Waals surface area contributed by atoms with E-state index in [1.807, 2.05) is 4.90 Å². The molecule has 0 spiro atoms. The Hall–Kier alpha value is -2.16. The highest BCUT2D eigenvalue weighted by Gasteiger charge is 2.51. The van der Waals surface area contributed by atoms with Gasteiger partial charge in [0, 0.05) is 5.54 Å². The maximum absolute atomic E-state index is 15.2. The number of aromatic amines is 1. The summed E-state index contributed by atoms with van der Waals surface area (Å²) in [4.78, 5) is 32.9. The number of hydrogen-bond donors (Lipinski definition) is 2. The lowest BCUT2D eigenvalue weighted by molar-refractivity contribution is -0.129. The van der Waals surface area contributed by atoms with Crippen LogP contribution in [0.5, 0.6) is 5.88 Å². The second kappa shape index (κ2) is 7.18. The number of anilines is 1. The molecule has 1 amide bonds. The van der Waals surface area contributed by atoms with E-state index in [2.05, 4.69) is 15.3 Å². The topological polar surface area (TPSA) is 96.5 Å². The highest BCUT2D eigenvalue weighted by Crippen LogP contribution is 2.55. The molecule has 0 radical (unpaired) electrons. The van der Waals surface area contributed by atoms with E-state index in [0.29, 0.717) is 31.0 Å². The van der Waals surface area contributed by atoms with Crippen molar-refractivity contribution in [2.24, 2.45) is 17.8 Å². The van der Waals surface area contributed by atoms with E-state index in [9.17, 15) is 9.59 Å². The molecule has 1 aromatic rings. The van der Waals surface area contributed by atoms with Gasteiger partial charge in [0.25, 0.3) is 11.8 Å². The summed E-state index contributed by atoms with van der Waals surface area (Å²) < 4.78 is 26.2. The minimum atomic E-state index is -0.721. The molecule has 8 nitrogen and oxygen atoms in total. The van der Waals surface area contributed by atoms with Crippen molar-refractivity contribution >= 4 is 11.7 Å². The summed E-state index contributed by atoms with van der Waals surface area (Å²) in [5.41, 5.74) is -0.813. The van der Waals surface area contributed by atoms with Crippen LogP contribution in [0.4, 0.5) is 10.2 Å². The molecule has 9 heteroatoms. The molecule has 7 rings (SSSR count). The van der Waals surface area contributed by atoms with Gasteiger partial charge in [-0.15, -0.1) is 0 Å². The Bertz CT molecular complexity index is 899. The fraction of sp³-hybridized carbons (Fsp3) is 0.773. The molecule has 3 heterocycles. The summed E-state index contributed by atoms with van der Waals surface area (Å²) in [7, 11) is 0. The van der Waals surface area contributed by atoms with Crippen molar-refractivity contribution in [2.75, 3.05) is 24.7 Å². The van der Waals surface area contributed by atoms with Crippen molar-refractivity contribution in [3.05, 3.63) is 16.3 Å². The van der Waals surface area contributed by atoms with Crippen molar-refractivity contribution in [2.45, 2.75) is 69.0 Å². The maximum atomic E-state index is 15.2. The minimum Gasteiger partial charge on any atom is -0.465 e. The molecule has 2 N–H and O–H groups in total. The molecule has 2 aliphatic heterocycles.